The van der Waals surface area contributed by atoms with Gasteiger partial charge in [0, 0.05) is 23.2 Å². The van der Waals surface area contributed by atoms with Gasteiger partial charge in [0.1, 0.15) is 0 Å². The van der Waals surface area contributed by atoms with Crippen molar-refractivity contribution in [2.24, 2.45) is 0 Å². The van der Waals surface area contributed by atoms with Gasteiger partial charge < -0.3 is 5.32 Å². The van der Waals surface area contributed by atoms with E-state index in [4.69, 9.17) is 21.7 Å². The maximum absolute atomic E-state index is 13.2. The molecule has 0 bridgehead atoms. The van der Waals surface area contributed by atoms with Gasteiger partial charge in [0.2, 0.25) is 0 Å². The zero-order chi connectivity index (χ0) is 21.4. The third-order valence-electron chi connectivity index (χ3n) is 5.71. The molecule has 1 aliphatic rings. The number of rotatable bonds is 6. The Morgan fingerprint density at radius 3 is 2.61 bits per heavy atom. The zero-order valence-electron chi connectivity index (χ0n) is 17.3. The second kappa shape index (κ2) is 8.16. The van der Waals surface area contributed by atoms with E-state index in [1.807, 2.05) is 60.1 Å². The zero-order valence-corrected chi connectivity index (χ0v) is 18.1. The number of benzene rings is 2. The Balaban J connectivity index is 1.52. The van der Waals surface area contributed by atoms with Crippen molar-refractivity contribution >= 4 is 28.5 Å². The summed E-state index contributed by atoms with van der Waals surface area (Å²) in [5.74, 6) is 0.302. The van der Waals surface area contributed by atoms with Crippen molar-refractivity contribution in [2.75, 3.05) is 0 Å². The van der Waals surface area contributed by atoms with Crippen LogP contribution in [0.5, 0.6) is 0 Å². The van der Waals surface area contributed by atoms with Crippen molar-refractivity contribution in [1.29, 1.82) is 0 Å². The van der Waals surface area contributed by atoms with E-state index in [9.17, 15) is 4.79 Å². The second-order valence-corrected chi connectivity index (χ2v) is 8.48. The molecule has 6 heteroatoms. The fraction of sp³-hybridized carbons (Fsp3) is 0.240. The van der Waals surface area contributed by atoms with Gasteiger partial charge in [0.25, 0.3) is 5.91 Å². The molecule has 31 heavy (non-hydrogen) atoms. The molecule has 2 heterocycles. The fourth-order valence-corrected chi connectivity index (χ4v) is 4.12. The number of nitrogens with zero attached hydrogens (tertiary/aromatic N) is 3. The van der Waals surface area contributed by atoms with Gasteiger partial charge in [0.15, 0.2) is 5.65 Å². The molecule has 0 atom stereocenters. The maximum Gasteiger partial charge on any atom is 0.252 e. The minimum atomic E-state index is -0.128. The molecule has 0 unspecified atom stereocenters. The van der Waals surface area contributed by atoms with Crippen LogP contribution >= 0.6 is 11.6 Å². The number of carbonyl (C=O) groups is 1. The van der Waals surface area contributed by atoms with Crippen molar-refractivity contribution in [3.63, 3.8) is 0 Å². The van der Waals surface area contributed by atoms with Crippen LogP contribution in [-0.2, 0) is 13.1 Å². The van der Waals surface area contributed by atoms with Gasteiger partial charge in [-0.3, -0.25) is 4.79 Å². The molecule has 2 aromatic heterocycles. The number of carbonyl (C=O) groups excluding carboxylic acids is 1. The molecule has 5 nitrogen and oxygen atoms in total. The summed E-state index contributed by atoms with van der Waals surface area (Å²) < 4.78 is 1.91. The molecule has 4 aromatic rings. The Kier molecular flexibility index (Phi) is 5.20. The molecule has 0 saturated heterocycles. The molecular formula is C25H23ClN4O. The minimum Gasteiger partial charge on any atom is -0.348 e. The molecule has 1 saturated carbocycles. The van der Waals surface area contributed by atoms with Gasteiger partial charge in [-0.25, -0.2) is 9.67 Å². The first-order chi connectivity index (χ1) is 15.1. The van der Waals surface area contributed by atoms with Crippen molar-refractivity contribution in [3.05, 3.63) is 93.8 Å². The van der Waals surface area contributed by atoms with Crippen LogP contribution in [0.25, 0.3) is 11.0 Å². The summed E-state index contributed by atoms with van der Waals surface area (Å²) in [5, 5.41) is 9.23. The van der Waals surface area contributed by atoms with Crippen LogP contribution in [0.2, 0.25) is 5.02 Å². The summed E-state index contributed by atoms with van der Waals surface area (Å²) in [6, 6.07) is 19.7. The average molecular weight is 431 g/mol. The highest BCUT2D eigenvalue weighted by Gasteiger charge is 2.28. The van der Waals surface area contributed by atoms with Gasteiger partial charge >= 0.3 is 0 Å². The lowest BCUT2D eigenvalue weighted by molar-refractivity contribution is 0.0952. The molecule has 2 aromatic carbocycles. The Morgan fingerprint density at radius 1 is 1.13 bits per heavy atom. The largest absolute Gasteiger partial charge is 0.348 e. The summed E-state index contributed by atoms with van der Waals surface area (Å²) in [5.41, 5.74) is 5.23. The normalized spacial score (nSPS) is 13.5. The smallest absolute Gasteiger partial charge is 0.252 e. The number of hydrogen-bond acceptors (Lipinski definition) is 3. The van der Waals surface area contributed by atoms with E-state index in [0.29, 0.717) is 29.6 Å². The lowest BCUT2D eigenvalue weighted by Crippen LogP contribution is -2.23. The number of fused-ring (bicyclic) bond motifs is 1. The first kappa shape index (κ1) is 19.8. The Labute approximate surface area is 186 Å². The van der Waals surface area contributed by atoms with E-state index in [0.717, 1.165) is 46.4 Å². The third kappa shape index (κ3) is 4.06. The number of aryl methyl sites for hydroxylation is 1. The van der Waals surface area contributed by atoms with E-state index in [2.05, 4.69) is 17.4 Å². The number of amides is 1. The quantitative estimate of drug-likeness (QED) is 0.454. The van der Waals surface area contributed by atoms with Crippen LogP contribution < -0.4 is 5.32 Å². The van der Waals surface area contributed by atoms with Crippen LogP contribution in [0, 0.1) is 6.92 Å². The highest BCUT2D eigenvalue weighted by molar-refractivity contribution is 6.31. The van der Waals surface area contributed by atoms with Gasteiger partial charge in [-0.2, -0.15) is 5.10 Å². The molecule has 0 spiro atoms. The van der Waals surface area contributed by atoms with Gasteiger partial charge in [-0.15, -0.1) is 0 Å². The Bertz CT molecular complexity index is 1260. The highest BCUT2D eigenvalue weighted by atomic mass is 35.5. The van der Waals surface area contributed by atoms with Gasteiger partial charge in [-0.05, 0) is 43.0 Å². The molecular weight excluding hydrogens is 408 g/mol. The van der Waals surface area contributed by atoms with Crippen LogP contribution in [-0.4, -0.2) is 20.7 Å². The van der Waals surface area contributed by atoms with Crippen LogP contribution in [0.3, 0.4) is 0 Å². The first-order valence-corrected chi connectivity index (χ1v) is 10.9. The van der Waals surface area contributed by atoms with E-state index in [-0.39, 0.29) is 5.91 Å². The SMILES string of the molecule is Cc1nn(Cc2ccccc2)c2nc(C3CC3)cc(C(=O)NCc3ccccc3Cl)c12. The van der Waals surface area contributed by atoms with E-state index < -0.39 is 0 Å². The Hall–Kier alpha value is -3.18. The van der Waals surface area contributed by atoms with Crippen molar-refractivity contribution in [3.8, 4) is 0 Å². The molecule has 5 rings (SSSR count). The number of aromatic nitrogens is 3. The van der Waals surface area contributed by atoms with Crippen LogP contribution in [0.4, 0.5) is 0 Å². The van der Waals surface area contributed by atoms with Crippen molar-refractivity contribution in [1.82, 2.24) is 20.1 Å². The van der Waals surface area contributed by atoms with Gasteiger partial charge in [0.05, 0.1) is 23.2 Å². The average Bonchev–Trinajstić information content (AvgIpc) is 3.59. The number of nitrogens with one attached hydrogen (secondary N) is 1. The summed E-state index contributed by atoms with van der Waals surface area (Å²) >= 11 is 6.25. The molecule has 156 valence electrons. The third-order valence-corrected chi connectivity index (χ3v) is 6.08. The molecule has 0 aliphatic heterocycles. The highest BCUT2D eigenvalue weighted by Crippen LogP contribution is 2.40. The molecule has 1 amide bonds. The van der Waals surface area contributed by atoms with Crippen LogP contribution in [0.1, 0.15) is 51.6 Å². The fourth-order valence-electron chi connectivity index (χ4n) is 3.92. The number of pyridine rings is 1. The van der Waals surface area contributed by atoms with E-state index >= 15 is 0 Å². The topological polar surface area (TPSA) is 59.8 Å². The summed E-state index contributed by atoms with van der Waals surface area (Å²) in [4.78, 5) is 18.2. The summed E-state index contributed by atoms with van der Waals surface area (Å²) in [7, 11) is 0. The first-order valence-electron chi connectivity index (χ1n) is 10.5. The predicted octanol–water partition coefficient (Wildman–Crippen LogP) is 5.25. The van der Waals surface area contributed by atoms with Crippen LogP contribution in [0.15, 0.2) is 60.7 Å². The number of hydrogen-bond donors (Lipinski definition) is 1. The molecule has 1 fully saturated rings. The second-order valence-electron chi connectivity index (χ2n) is 8.07. The Morgan fingerprint density at radius 2 is 1.87 bits per heavy atom. The predicted molar refractivity (Wildman–Crippen MR) is 122 cm³/mol. The van der Waals surface area contributed by atoms with Crippen molar-refractivity contribution in [2.45, 2.75) is 38.8 Å². The molecule has 1 aliphatic carbocycles. The monoisotopic (exact) mass is 430 g/mol. The van der Waals surface area contributed by atoms with Gasteiger partial charge in [-0.1, -0.05) is 60.1 Å². The minimum absolute atomic E-state index is 0.128. The lowest BCUT2D eigenvalue weighted by atomic mass is 10.1. The summed E-state index contributed by atoms with van der Waals surface area (Å²) in [6.07, 6.45) is 2.23. The van der Waals surface area contributed by atoms with E-state index in [1.165, 1.54) is 0 Å². The number of halogens is 1. The lowest BCUT2D eigenvalue weighted by Gasteiger charge is -2.10. The molecule has 0 radical (unpaired) electrons. The standard InChI is InChI=1S/C25H23ClN4O/c1-16-23-20(25(31)27-14-19-9-5-6-10-21(19)26)13-22(18-11-12-18)28-24(23)30(29-16)15-17-7-3-2-4-8-17/h2-10,13,18H,11-12,14-15H2,1H3,(H,27,31). The van der Waals surface area contributed by atoms with Crippen molar-refractivity contribution < 1.29 is 4.79 Å². The van der Waals surface area contributed by atoms with E-state index in [1.54, 1.807) is 0 Å². The molecule has 1 N–H and O–H groups in total. The summed E-state index contributed by atoms with van der Waals surface area (Å²) in [6.45, 7) is 2.93. The maximum atomic E-state index is 13.2.